The fourth-order valence-corrected chi connectivity index (χ4v) is 2.60. The van der Waals surface area contributed by atoms with Crippen LogP contribution < -0.4 is 0 Å². The van der Waals surface area contributed by atoms with Crippen LogP contribution in [0.3, 0.4) is 0 Å². The maximum atomic E-state index is 12.4. The molecule has 2 heterocycles. The van der Waals surface area contributed by atoms with Crippen LogP contribution in [-0.4, -0.2) is 57.8 Å². The van der Waals surface area contributed by atoms with Gasteiger partial charge in [-0.1, -0.05) is 0 Å². The van der Waals surface area contributed by atoms with Gasteiger partial charge in [0.1, 0.15) is 5.69 Å². The van der Waals surface area contributed by atoms with Crippen LogP contribution in [0.5, 0.6) is 0 Å². The number of likely N-dealkylation sites (tertiary alicyclic amines) is 1. The lowest BCUT2D eigenvalue weighted by molar-refractivity contribution is -0.132. The molecule has 0 saturated carbocycles. The van der Waals surface area contributed by atoms with E-state index in [0.29, 0.717) is 25.2 Å². The summed E-state index contributed by atoms with van der Waals surface area (Å²) >= 11 is 0. The molecule has 0 aromatic carbocycles. The van der Waals surface area contributed by atoms with Gasteiger partial charge < -0.3 is 9.80 Å². The van der Waals surface area contributed by atoms with E-state index in [4.69, 9.17) is 0 Å². The quantitative estimate of drug-likeness (QED) is 0.829. The normalized spacial score (nSPS) is 14.7. The maximum absolute atomic E-state index is 12.4. The lowest BCUT2D eigenvalue weighted by Crippen LogP contribution is -2.39. The van der Waals surface area contributed by atoms with E-state index in [0.717, 1.165) is 31.6 Å². The molecule has 1 fully saturated rings. The van der Waals surface area contributed by atoms with Crippen molar-refractivity contribution in [3.05, 3.63) is 23.8 Å². The Hall–Kier alpha value is -1.98. The van der Waals surface area contributed by atoms with Crippen molar-refractivity contribution in [3.8, 4) is 0 Å². The molecular formula is C16H24N4O2. The van der Waals surface area contributed by atoms with Gasteiger partial charge in [0.05, 0.1) is 11.9 Å². The molecule has 22 heavy (non-hydrogen) atoms. The fourth-order valence-electron chi connectivity index (χ4n) is 2.60. The molecule has 6 heteroatoms. The van der Waals surface area contributed by atoms with Crippen LogP contribution in [0.25, 0.3) is 0 Å². The van der Waals surface area contributed by atoms with E-state index in [1.165, 1.54) is 12.6 Å². The molecule has 0 bridgehead atoms. The van der Waals surface area contributed by atoms with E-state index >= 15 is 0 Å². The predicted molar refractivity (Wildman–Crippen MR) is 83.4 cm³/mol. The molecular weight excluding hydrogens is 280 g/mol. The van der Waals surface area contributed by atoms with Crippen LogP contribution in [0.4, 0.5) is 0 Å². The molecule has 1 saturated heterocycles. The molecule has 0 N–H and O–H groups in total. The summed E-state index contributed by atoms with van der Waals surface area (Å²) in [6, 6.07) is 0. The molecule has 1 aromatic heterocycles. The Balaban J connectivity index is 1.89. The minimum Gasteiger partial charge on any atom is -0.343 e. The number of hydrogen-bond donors (Lipinski definition) is 0. The van der Waals surface area contributed by atoms with Crippen molar-refractivity contribution < 1.29 is 9.59 Å². The van der Waals surface area contributed by atoms with E-state index in [1.54, 1.807) is 11.1 Å². The van der Waals surface area contributed by atoms with E-state index in [-0.39, 0.29) is 11.8 Å². The van der Waals surface area contributed by atoms with Crippen molar-refractivity contribution in [2.75, 3.05) is 26.2 Å². The molecule has 0 aliphatic carbocycles. The van der Waals surface area contributed by atoms with Crippen molar-refractivity contribution in [2.45, 2.75) is 39.5 Å². The fraction of sp³-hybridized carbons (Fsp3) is 0.625. The summed E-state index contributed by atoms with van der Waals surface area (Å²) < 4.78 is 0. The first-order chi connectivity index (χ1) is 10.6. The lowest BCUT2D eigenvalue weighted by atomic mass is 10.1. The highest BCUT2D eigenvalue weighted by Gasteiger charge is 2.20. The van der Waals surface area contributed by atoms with Crippen molar-refractivity contribution in [1.82, 2.24) is 19.8 Å². The van der Waals surface area contributed by atoms with Crippen molar-refractivity contribution in [2.24, 2.45) is 0 Å². The number of piperidine rings is 1. The van der Waals surface area contributed by atoms with Gasteiger partial charge in [-0.2, -0.15) is 0 Å². The Morgan fingerprint density at radius 3 is 2.50 bits per heavy atom. The standard InChI is InChI=1S/C16H24N4O2/c1-3-19(16(22)14-12-17-13(2)11-18-14)10-7-15(21)20-8-5-4-6-9-20/h11-12H,3-10H2,1-2H3. The summed E-state index contributed by atoms with van der Waals surface area (Å²) in [5.41, 5.74) is 1.11. The van der Waals surface area contributed by atoms with Gasteiger partial charge in [0, 0.05) is 38.8 Å². The molecule has 1 aliphatic heterocycles. The number of nitrogens with zero attached hydrogens (tertiary/aromatic N) is 4. The first-order valence-electron chi connectivity index (χ1n) is 7.97. The van der Waals surface area contributed by atoms with E-state index in [9.17, 15) is 9.59 Å². The molecule has 1 aliphatic rings. The number of aromatic nitrogens is 2. The van der Waals surface area contributed by atoms with Gasteiger partial charge >= 0.3 is 0 Å². The van der Waals surface area contributed by atoms with Gasteiger partial charge in [0.2, 0.25) is 5.91 Å². The zero-order chi connectivity index (χ0) is 15.9. The Labute approximate surface area is 131 Å². The third kappa shape index (κ3) is 4.26. The molecule has 0 atom stereocenters. The van der Waals surface area contributed by atoms with Crippen LogP contribution in [0, 0.1) is 6.92 Å². The molecule has 0 spiro atoms. The van der Waals surface area contributed by atoms with Gasteiger partial charge in [0.25, 0.3) is 5.91 Å². The number of carbonyl (C=O) groups is 2. The zero-order valence-electron chi connectivity index (χ0n) is 13.4. The molecule has 120 valence electrons. The molecule has 2 amide bonds. The van der Waals surface area contributed by atoms with Gasteiger partial charge in [-0.25, -0.2) is 4.98 Å². The maximum Gasteiger partial charge on any atom is 0.274 e. The largest absolute Gasteiger partial charge is 0.343 e. The summed E-state index contributed by atoms with van der Waals surface area (Å²) in [4.78, 5) is 36.3. The molecule has 0 unspecified atom stereocenters. The van der Waals surface area contributed by atoms with E-state index in [1.807, 2.05) is 18.7 Å². The van der Waals surface area contributed by atoms with Crippen LogP contribution in [-0.2, 0) is 4.79 Å². The Morgan fingerprint density at radius 1 is 1.18 bits per heavy atom. The lowest BCUT2D eigenvalue weighted by Gasteiger charge is -2.28. The molecule has 6 nitrogen and oxygen atoms in total. The SMILES string of the molecule is CCN(CCC(=O)N1CCCCC1)C(=O)c1cnc(C)cn1. The second-order valence-electron chi connectivity index (χ2n) is 5.62. The Morgan fingerprint density at radius 2 is 1.91 bits per heavy atom. The number of hydrogen-bond acceptors (Lipinski definition) is 4. The van der Waals surface area contributed by atoms with Gasteiger partial charge in [-0.05, 0) is 33.1 Å². The zero-order valence-corrected chi connectivity index (χ0v) is 13.4. The Bertz CT molecular complexity index is 509. The van der Waals surface area contributed by atoms with Crippen molar-refractivity contribution in [3.63, 3.8) is 0 Å². The highest BCUT2D eigenvalue weighted by molar-refractivity contribution is 5.92. The second-order valence-corrected chi connectivity index (χ2v) is 5.62. The molecule has 0 radical (unpaired) electrons. The third-order valence-electron chi connectivity index (χ3n) is 3.97. The minimum atomic E-state index is -0.165. The summed E-state index contributed by atoms with van der Waals surface area (Å²) in [5.74, 6) is -0.0256. The highest BCUT2D eigenvalue weighted by atomic mass is 16.2. The number of carbonyl (C=O) groups excluding carboxylic acids is 2. The summed E-state index contributed by atoms with van der Waals surface area (Å²) in [6.45, 7) is 6.42. The second kappa shape index (κ2) is 7.87. The Kier molecular flexibility index (Phi) is 5.86. The average Bonchev–Trinajstić information content (AvgIpc) is 2.56. The summed E-state index contributed by atoms with van der Waals surface area (Å²) in [6.07, 6.45) is 6.82. The van der Waals surface area contributed by atoms with Crippen LogP contribution in [0.15, 0.2) is 12.4 Å². The van der Waals surface area contributed by atoms with Gasteiger partial charge in [-0.3, -0.25) is 14.6 Å². The third-order valence-corrected chi connectivity index (χ3v) is 3.97. The van der Waals surface area contributed by atoms with Crippen molar-refractivity contribution in [1.29, 1.82) is 0 Å². The van der Waals surface area contributed by atoms with E-state index in [2.05, 4.69) is 9.97 Å². The number of rotatable bonds is 5. The van der Waals surface area contributed by atoms with Crippen LogP contribution >= 0.6 is 0 Å². The molecule has 1 aromatic rings. The summed E-state index contributed by atoms with van der Waals surface area (Å²) in [7, 11) is 0. The first kappa shape index (κ1) is 16.4. The molecule has 2 rings (SSSR count). The minimum absolute atomic E-state index is 0.140. The monoisotopic (exact) mass is 304 g/mol. The average molecular weight is 304 g/mol. The van der Waals surface area contributed by atoms with E-state index < -0.39 is 0 Å². The van der Waals surface area contributed by atoms with Crippen molar-refractivity contribution >= 4 is 11.8 Å². The highest BCUT2D eigenvalue weighted by Crippen LogP contribution is 2.10. The van der Waals surface area contributed by atoms with Gasteiger partial charge in [-0.15, -0.1) is 0 Å². The van der Waals surface area contributed by atoms with Gasteiger partial charge in [0.15, 0.2) is 0 Å². The van der Waals surface area contributed by atoms with Crippen LogP contribution in [0.1, 0.15) is 48.8 Å². The predicted octanol–water partition coefficient (Wildman–Crippen LogP) is 1.65. The van der Waals surface area contributed by atoms with Crippen LogP contribution in [0.2, 0.25) is 0 Å². The smallest absolute Gasteiger partial charge is 0.274 e. The number of aryl methyl sites for hydroxylation is 1. The summed E-state index contributed by atoms with van der Waals surface area (Å²) in [5, 5.41) is 0. The topological polar surface area (TPSA) is 66.4 Å². The number of amides is 2. The first-order valence-corrected chi connectivity index (χ1v) is 7.97.